The molecule has 6 nitrogen and oxygen atoms in total. The van der Waals surface area contributed by atoms with E-state index in [1.807, 2.05) is 19.2 Å². The molecule has 2 aromatic heterocycles. The molecule has 1 N–H and O–H groups in total. The molecule has 1 fully saturated rings. The van der Waals surface area contributed by atoms with E-state index in [4.69, 9.17) is 4.74 Å². The quantitative estimate of drug-likeness (QED) is 0.857. The van der Waals surface area contributed by atoms with Crippen LogP contribution in [0.1, 0.15) is 17.3 Å². The molecular formula is C12H15N5O. The van der Waals surface area contributed by atoms with E-state index < -0.39 is 0 Å². The van der Waals surface area contributed by atoms with Crippen molar-refractivity contribution < 1.29 is 4.74 Å². The molecule has 0 amide bonds. The molecule has 1 unspecified atom stereocenters. The summed E-state index contributed by atoms with van der Waals surface area (Å²) < 4.78 is 5.57. The van der Waals surface area contributed by atoms with E-state index in [2.05, 4.69) is 25.1 Å². The van der Waals surface area contributed by atoms with E-state index in [1.54, 1.807) is 12.4 Å². The fourth-order valence-corrected chi connectivity index (χ4v) is 2.22. The van der Waals surface area contributed by atoms with E-state index in [0.29, 0.717) is 13.2 Å². The summed E-state index contributed by atoms with van der Waals surface area (Å²) in [4.78, 5) is 10.8. The highest BCUT2D eigenvalue weighted by Gasteiger charge is 2.28. The minimum absolute atomic E-state index is 0.101. The summed E-state index contributed by atoms with van der Waals surface area (Å²) in [5, 5.41) is 7.12. The number of nitrogens with one attached hydrogen (secondary N) is 1. The van der Waals surface area contributed by atoms with Gasteiger partial charge in [0.2, 0.25) is 5.95 Å². The van der Waals surface area contributed by atoms with Crippen molar-refractivity contribution in [1.29, 1.82) is 0 Å². The lowest BCUT2D eigenvalue weighted by molar-refractivity contribution is 0.0919. The van der Waals surface area contributed by atoms with Crippen molar-refractivity contribution in [2.75, 3.05) is 24.7 Å². The Kier molecular flexibility index (Phi) is 2.93. The Morgan fingerprint density at radius 3 is 2.94 bits per heavy atom. The Labute approximate surface area is 105 Å². The summed E-state index contributed by atoms with van der Waals surface area (Å²) in [5.74, 6) is 0.736. The third-order valence-electron chi connectivity index (χ3n) is 3.14. The number of anilines is 1. The van der Waals surface area contributed by atoms with Crippen LogP contribution in [0, 0.1) is 6.92 Å². The van der Waals surface area contributed by atoms with Gasteiger partial charge in [0.15, 0.2) is 0 Å². The monoisotopic (exact) mass is 245 g/mol. The molecule has 1 atom stereocenters. The van der Waals surface area contributed by atoms with Gasteiger partial charge in [0.25, 0.3) is 0 Å². The van der Waals surface area contributed by atoms with Crippen LogP contribution in [0.15, 0.2) is 24.7 Å². The molecule has 0 saturated carbocycles. The van der Waals surface area contributed by atoms with Crippen LogP contribution in [0.4, 0.5) is 5.95 Å². The zero-order chi connectivity index (χ0) is 12.4. The number of hydrogen-bond acceptors (Lipinski definition) is 5. The van der Waals surface area contributed by atoms with Crippen molar-refractivity contribution in [3.8, 4) is 0 Å². The summed E-state index contributed by atoms with van der Waals surface area (Å²) in [6, 6.07) is 1.92. The van der Waals surface area contributed by atoms with E-state index in [-0.39, 0.29) is 6.04 Å². The van der Waals surface area contributed by atoms with Gasteiger partial charge in [0.1, 0.15) is 0 Å². The molecule has 0 aliphatic carbocycles. The van der Waals surface area contributed by atoms with Gasteiger partial charge in [0.05, 0.1) is 31.1 Å². The van der Waals surface area contributed by atoms with E-state index in [1.165, 1.54) is 0 Å². The zero-order valence-corrected chi connectivity index (χ0v) is 10.2. The highest BCUT2D eigenvalue weighted by molar-refractivity contribution is 5.36. The smallest absolute Gasteiger partial charge is 0.225 e. The third-order valence-corrected chi connectivity index (χ3v) is 3.14. The maximum absolute atomic E-state index is 5.57. The molecule has 6 heteroatoms. The first kappa shape index (κ1) is 11.2. The second-order valence-electron chi connectivity index (χ2n) is 4.30. The molecule has 1 aliphatic heterocycles. The van der Waals surface area contributed by atoms with Gasteiger partial charge in [-0.1, -0.05) is 0 Å². The number of aromatic nitrogens is 4. The number of rotatable bonds is 2. The van der Waals surface area contributed by atoms with Crippen LogP contribution in [0.25, 0.3) is 0 Å². The summed E-state index contributed by atoms with van der Waals surface area (Å²) in [6.07, 6.45) is 5.34. The van der Waals surface area contributed by atoms with Crippen molar-refractivity contribution in [3.05, 3.63) is 35.9 Å². The SMILES string of the molecule is Cc1cn[nH]c1C1COCCN1c1ncccn1. The Bertz CT molecular complexity index is 512. The topological polar surface area (TPSA) is 66.9 Å². The minimum Gasteiger partial charge on any atom is -0.377 e. The molecule has 0 radical (unpaired) electrons. The van der Waals surface area contributed by atoms with Crippen LogP contribution in [0.2, 0.25) is 0 Å². The number of morpholine rings is 1. The lowest BCUT2D eigenvalue weighted by Crippen LogP contribution is -2.41. The second kappa shape index (κ2) is 4.73. The summed E-state index contributed by atoms with van der Waals surface area (Å²) >= 11 is 0. The van der Waals surface area contributed by atoms with Crippen LogP contribution in [0.5, 0.6) is 0 Å². The van der Waals surface area contributed by atoms with Gasteiger partial charge in [-0.2, -0.15) is 5.10 Å². The minimum atomic E-state index is 0.101. The van der Waals surface area contributed by atoms with Crippen molar-refractivity contribution >= 4 is 5.95 Å². The van der Waals surface area contributed by atoms with E-state index in [0.717, 1.165) is 23.8 Å². The Balaban J connectivity index is 1.94. The van der Waals surface area contributed by atoms with Crippen LogP contribution in [0.3, 0.4) is 0 Å². The molecule has 0 spiro atoms. The maximum atomic E-state index is 5.57. The summed E-state index contributed by atoms with van der Waals surface area (Å²) in [7, 11) is 0. The lowest BCUT2D eigenvalue weighted by atomic mass is 10.1. The molecule has 2 aromatic rings. The maximum Gasteiger partial charge on any atom is 0.225 e. The number of H-pyrrole nitrogens is 1. The molecule has 18 heavy (non-hydrogen) atoms. The van der Waals surface area contributed by atoms with Gasteiger partial charge >= 0.3 is 0 Å². The van der Waals surface area contributed by atoms with E-state index in [9.17, 15) is 0 Å². The van der Waals surface area contributed by atoms with Gasteiger partial charge in [-0.3, -0.25) is 5.10 Å². The van der Waals surface area contributed by atoms with Gasteiger partial charge in [-0.05, 0) is 18.6 Å². The number of hydrogen-bond donors (Lipinski definition) is 1. The molecule has 3 heterocycles. The first-order valence-corrected chi connectivity index (χ1v) is 5.97. The van der Waals surface area contributed by atoms with Crippen molar-refractivity contribution in [1.82, 2.24) is 20.2 Å². The van der Waals surface area contributed by atoms with Gasteiger partial charge in [0, 0.05) is 18.9 Å². The number of aromatic amines is 1. The standard InChI is InChI=1S/C12H15N5O/c1-9-7-15-16-11(9)10-8-18-6-5-17(10)12-13-3-2-4-14-12/h2-4,7,10H,5-6,8H2,1H3,(H,15,16). The van der Waals surface area contributed by atoms with E-state index >= 15 is 0 Å². The van der Waals surface area contributed by atoms with Crippen LogP contribution in [-0.4, -0.2) is 39.9 Å². The highest BCUT2D eigenvalue weighted by atomic mass is 16.5. The van der Waals surface area contributed by atoms with Crippen LogP contribution in [-0.2, 0) is 4.74 Å². The summed E-state index contributed by atoms with van der Waals surface area (Å²) in [6.45, 7) is 4.15. The third kappa shape index (κ3) is 1.95. The molecule has 94 valence electrons. The Morgan fingerprint density at radius 1 is 1.39 bits per heavy atom. The van der Waals surface area contributed by atoms with Crippen LogP contribution < -0.4 is 4.90 Å². The fraction of sp³-hybridized carbons (Fsp3) is 0.417. The fourth-order valence-electron chi connectivity index (χ4n) is 2.22. The predicted octanol–water partition coefficient (Wildman–Crippen LogP) is 1.09. The number of aryl methyl sites for hydroxylation is 1. The number of nitrogens with zero attached hydrogens (tertiary/aromatic N) is 4. The zero-order valence-electron chi connectivity index (χ0n) is 10.2. The molecule has 1 aliphatic rings. The van der Waals surface area contributed by atoms with Gasteiger partial charge < -0.3 is 9.64 Å². The van der Waals surface area contributed by atoms with Gasteiger partial charge in [-0.25, -0.2) is 9.97 Å². The predicted molar refractivity (Wildman–Crippen MR) is 66.3 cm³/mol. The normalized spacial score (nSPS) is 20.1. The molecular weight excluding hydrogens is 230 g/mol. The molecule has 0 aromatic carbocycles. The Hall–Kier alpha value is -1.95. The largest absolute Gasteiger partial charge is 0.377 e. The Morgan fingerprint density at radius 2 is 2.22 bits per heavy atom. The van der Waals surface area contributed by atoms with Crippen molar-refractivity contribution in [2.24, 2.45) is 0 Å². The van der Waals surface area contributed by atoms with Gasteiger partial charge in [-0.15, -0.1) is 0 Å². The van der Waals surface area contributed by atoms with Crippen molar-refractivity contribution in [3.63, 3.8) is 0 Å². The lowest BCUT2D eigenvalue weighted by Gasteiger charge is -2.35. The molecule has 0 bridgehead atoms. The first-order chi connectivity index (χ1) is 8.86. The second-order valence-corrected chi connectivity index (χ2v) is 4.30. The highest BCUT2D eigenvalue weighted by Crippen LogP contribution is 2.27. The molecule has 3 rings (SSSR count). The van der Waals surface area contributed by atoms with Crippen LogP contribution >= 0.6 is 0 Å². The average molecular weight is 245 g/mol. The number of ether oxygens (including phenoxy) is 1. The average Bonchev–Trinajstić information content (AvgIpc) is 2.86. The molecule has 1 saturated heterocycles. The summed E-state index contributed by atoms with van der Waals surface area (Å²) in [5.41, 5.74) is 2.20. The first-order valence-electron chi connectivity index (χ1n) is 5.97. The van der Waals surface area contributed by atoms with Crippen molar-refractivity contribution in [2.45, 2.75) is 13.0 Å².